The fraction of sp³-hybridized carbons (Fsp3) is 0.438. The van der Waals surface area contributed by atoms with E-state index in [0.29, 0.717) is 41.7 Å². The molecule has 24 heavy (non-hydrogen) atoms. The van der Waals surface area contributed by atoms with Gasteiger partial charge in [-0.1, -0.05) is 35.9 Å². The highest BCUT2D eigenvalue weighted by Gasteiger charge is 2.36. The molecule has 1 amide bonds. The predicted octanol–water partition coefficient (Wildman–Crippen LogP) is 2.46. The lowest BCUT2D eigenvalue weighted by molar-refractivity contribution is 0.0770. The number of carbonyl (C=O) groups is 1. The molecule has 3 rings (SSSR count). The van der Waals surface area contributed by atoms with E-state index in [2.05, 4.69) is 17.2 Å². The van der Waals surface area contributed by atoms with Gasteiger partial charge in [0.25, 0.3) is 5.91 Å². The second kappa shape index (κ2) is 7.09. The number of carbonyl (C=O) groups excluding carboxylic acids is 1. The van der Waals surface area contributed by atoms with Crippen LogP contribution in [0.3, 0.4) is 0 Å². The van der Waals surface area contributed by atoms with Crippen molar-refractivity contribution in [2.24, 2.45) is 11.1 Å². The molecule has 130 valence electrons. The normalized spacial score (nSPS) is 20.1. The maximum Gasteiger partial charge on any atom is 0.276 e. The standard InChI is InChI=1S/C16H20ClN5O.ClH/c1-11-14(15(23)21-8-7-16(2,9-18)10-21)19-20-22(11)13-6-4-3-5-12(13)17;/h3-6H,7-10,18H2,1-2H3;1H. The minimum absolute atomic E-state index is 0. The first-order chi connectivity index (χ1) is 10.9. The number of amides is 1. The SMILES string of the molecule is Cc1c(C(=O)N2CCC(C)(CN)C2)nnn1-c1ccccc1Cl.Cl. The molecule has 2 N–H and O–H groups in total. The summed E-state index contributed by atoms with van der Waals surface area (Å²) < 4.78 is 1.60. The summed E-state index contributed by atoms with van der Waals surface area (Å²) in [6.45, 7) is 5.86. The lowest BCUT2D eigenvalue weighted by Crippen LogP contribution is -2.35. The van der Waals surface area contributed by atoms with Crippen molar-refractivity contribution in [1.82, 2.24) is 19.9 Å². The molecule has 0 spiro atoms. The van der Waals surface area contributed by atoms with E-state index in [1.807, 2.05) is 25.1 Å². The number of benzene rings is 1. The first-order valence-corrected chi connectivity index (χ1v) is 7.99. The zero-order valence-electron chi connectivity index (χ0n) is 13.7. The lowest BCUT2D eigenvalue weighted by atomic mass is 9.90. The Labute approximate surface area is 152 Å². The summed E-state index contributed by atoms with van der Waals surface area (Å²) >= 11 is 6.21. The number of halogens is 2. The smallest absolute Gasteiger partial charge is 0.276 e. The summed E-state index contributed by atoms with van der Waals surface area (Å²) in [5, 5.41) is 8.76. The average Bonchev–Trinajstić information content (AvgIpc) is 3.12. The van der Waals surface area contributed by atoms with Crippen LogP contribution in [0.25, 0.3) is 5.69 Å². The minimum atomic E-state index is -0.0991. The Morgan fingerprint density at radius 3 is 2.75 bits per heavy atom. The van der Waals surface area contributed by atoms with Crippen LogP contribution in [0.15, 0.2) is 24.3 Å². The third-order valence-electron chi connectivity index (χ3n) is 4.52. The van der Waals surface area contributed by atoms with Crippen LogP contribution in [0.2, 0.25) is 5.02 Å². The molecule has 0 saturated carbocycles. The summed E-state index contributed by atoms with van der Waals surface area (Å²) in [6.07, 6.45) is 0.910. The molecule has 1 aromatic carbocycles. The monoisotopic (exact) mass is 369 g/mol. The molecular formula is C16H21Cl2N5O. The number of likely N-dealkylation sites (tertiary alicyclic amines) is 1. The summed E-state index contributed by atoms with van der Waals surface area (Å²) in [4.78, 5) is 14.5. The molecule has 0 radical (unpaired) electrons. The molecule has 2 heterocycles. The van der Waals surface area contributed by atoms with Crippen molar-refractivity contribution in [3.05, 3.63) is 40.7 Å². The van der Waals surface area contributed by atoms with Crippen molar-refractivity contribution >= 4 is 29.9 Å². The minimum Gasteiger partial charge on any atom is -0.337 e. The third kappa shape index (κ3) is 3.27. The van der Waals surface area contributed by atoms with Crippen molar-refractivity contribution < 1.29 is 4.79 Å². The van der Waals surface area contributed by atoms with E-state index in [9.17, 15) is 4.79 Å². The maximum atomic E-state index is 12.7. The van der Waals surface area contributed by atoms with E-state index in [4.69, 9.17) is 17.3 Å². The third-order valence-corrected chi connectivity index (χ3v) is 4.84. The van der Waals surface area contributed by atoms with Crippen LogP contribution >= 0.6 is 24.0 Å². The van der Waals surface area contributed by atoms with E-state index in [0.717, 1.165) is 6.42 Å². The number of rotatable bonds is 3. The van der Waals surface area contributed by atoms with Gasteiger partial charge in [0.05, 0.1) is 16.4 Å². The Balaban J connectivity index is 0.00000208. The van der Waals surface area contributed by atoms with Gasteiger partial charge in [-0.05, 0) is 37.4 Å². The Morgan fingerprint density at radius 2 is 2.12 bits per heavy atom. The molecule has 1 aromatic heterocycles. The number of hydrogen-bond acceptors (Lipinski definition) is 4. The van der Waals surface area contributed by atoms with Crippen molar-refractivity contribution in [2.75, 3.05) is 19.6 Å². The number of aromatic nitrogens is 3. The molecule has 1 unspecified atom stereocenters. The van der Waals surface area contributed by atoms with E-state index in [-0.39, 0.29) is 23.7 Å². The number of nitrogens with two attached hydrogens (primary N) is 1. The van der Waals surface area contributed by atoms with E-state index in [1.165, 1.54) is 0 Å². The Morgan fingerprint density at radius 1 is 1.42 bits per heavy atom. The fourth-order valence-corrected chi connectivity index (χ4v) is 3.11. The van der Waals surface area contributed by atoms with Gasteiger partial charge in [-0.25, -0.2) is 4.68 Å². The fourth-order valence-electron chi connectivity index (χ4n) is 2.89. The predicted molar refractivity (Wildman–Crippen MR) is 96.0 cm³/mol. The van der Waals surface area contributed by atoms with Crippen molar-refractivity contribution in [2.45, 2.75) is 20.3 Å². The summed E-state index contributed by atoms with van der Waals surface area (Å²) in [6, 6.07) is 7.35. The number of hydrogen-bond donors (Lipinski definition) is 1. The molecule has 1 fully saturated rings. The van der Waals surface area contributed by atoms with E-state index in [1.54, 1.807) is 15.6 Å². The van der Waals surface area contributed by atoms with Crippen LogP contribution < -0.4 is 5.73 Å². The Bertz CT molecular complexity index is 748. The van der Waals surface area contributed by atoms with Gasteiger partial charge in [-0.3, -0.25) is 4.79 Å². The van der Waals surface area contributed by atoms with E-state index >= 15 is 0 Å². The Kier molecular flexibility index (Phi) is 5.52. The topological polar surface area (TPSA) is 77.0 Å². The van der Waals surface area contributed by atoms with Crippen LogP contribution in [-0.2, 0) is 0 Å². The lowest BCUT2D eigenvalue weighted by Gasteiger charge is -2.22. The zero-order chi connectivity index (χ0) is 16.6. The van der Waals surface area contributed by atoms with Crippen LogP contribution in [0.1, 0.15) is 29.5 Å². The van der Waals surface area contributed by atoms with Gasteiger partial charge < -0.3 is 10.6 Å². The highest BCUT2D eigenvalue weighted by Crippen LogP contribution is 2.30. The van der Waals surface area contributed by atoms with Gasteiger partial charge in [-0.15, -0.1) is 17.5 Å². The van der Waals surface area contributed by atoms with Gasteiger partial charge >= 0.3 is 0 Å². The molecule has 0 aliphatic carbocycles. The first-order valence-electron chi connectivity index (χ1n) is 7.62. The highest BCUT2D eigenvalue weighted by molar-refractivity contribution is 6.32. The van der Waals surface area contributed by atoms with Crippen LogP contribution in [-0.4, -0.2) is 45.4 Å². The summed E-state index contributed by atoms with van der Waals surface area (Å²) in [7, 11) is 0. The van der Waals surface area contributed by atoms with Gasteiger partial charge in [0.15, 0.2) is 5.69 Å². The quantitative estimate of drug-likeness (QED) is 0.901. The van der Waals surface area contributed by atoms with Crippen molar-refractivity contribution in [3.8, 4) is 5.69 Å². The largest absolute Gasteiger partial charge is 0.337 e. The second-order valence-electron chi connectivity index (χ2n) is 6.38. The van der Waals surface area contributed by atoms with Crippen LogP contribution in [0, 0.1) is 12.3 Å². The van der Waals surface area contributed by atoms with Gasteiger partial charge in [0.2, 0.25) is 0 Å². The van der Waals surface area contributed by atoms with Crippen LogP contribution in [0.5, 0.6) is 0 Å². The van der Waals surface area contributed by atoms with Gasteiger partial charge in [0.1, 0.15) is 0 Å². The number of nitrogens with zero attached hydrogens (tertiary/aromatic N) is 4. The average molecular weight is 370 g/mol. The van der Waals surface area contributed by atoms with Crippen LogP contribution in [0.4, 0.5) is 0 Å². The van der Waals surface area contributed by atoms with Gasteiger partial charge in [0, 0.05) is 13.1 Å². The molecule has 1 aliphatic rings. The zero-order valence-corrected chi connectivity index (χ0v) is 15.3. The summed E-state index contributed by atoms with van der Waals surface area (Å²) in [5.74, 6) is -0.0991. The van der Waals surface area contributed by atoms with E-state index < -0.39 is 0 Å². The molecule has 1 atom stereocenters. The molecule has 6 nitrogen and oxygen atoms in total. The molecule has 8 heteroatoms. The number of para-hydroxylation sites is 1. The van der Waals surface area contributed by atoms with Crippen molar-refractivity contribution in [1.29, 1.82) is 0 Å². The maximum absolute atomic E-state index is 12.7. The molecule has 1 aliphatic heterocycles. The molecule has 0 bridgehead atoms. The Hall–Kier alpha value is -1.63. The van der Waals surface area contributed by atoms with Crippen molar-refractivity contribution in [3.63, 3.8) is 0 Å². The molecule has 1 saturated heterocycles. The van der Waals surface area contributed by atoms with Gasteiger partial charge in [-0.2, -0.15) is 0 Å². The second-order valence-corrected chi connectivity index (χ2v) is 6.79. The molecular weight excluding hydrogens is 349 g/mol. The molecule has 2 aromatic rings. The first kappa shape index (κ1) is 18.7. The highest BCUT2D eigenvalue weighted by atomic mass is 35.5. The summed E-state index contributed by atoms with van der Waals surface area (Å²) in [5.41, 5.74) is 7.57.